The van der Waals surface area contributed by atoms with Crippen molar-refractivity contribution >= 4 is 21.6 Å². The standard InChI is InChI=1S/C16H18BrNO3/c1-19-14-7-4-8-15(20-2)16(14)21-10-9-18-13-6-3-5-12(17)11-13/h3-8,11,18H,9-10H2,1-2H3. The maximum absolute atomic E-state index is 5.78. The third-order valence-electron chi connectivity index (χ3n) is 2.88. The van der Waals surface area contributed by atoms with Crippen LogP contribution >= 0.6 is 15.9 Å². The first kappa shape index (κ1) is 15.5. The number of hydrogen-bond donors (Lipinski definition) is 1. The Morgan fingerprint density at radius 1 is 1.00 bits per heavy atom. The van der Waals surface area contributed by atoms with Crippen LogP contribution in [0.5, 0.6) is 17.2 Å². The SMILES string of the molecule is COc1cccc(OC)c1OCCNc1cccc(Br)c1. The smallest absolute Gasteiger partial charge is 0.203 e. The summed E-state index contributed by atoms with van der Waals surface area (Å²) >= 11 is 3.44. The highest BCUT2D eigenvalue weighted by molar-refractivity contribution is 9.10. The van der Waals surface area contributed by atoms with E-state index in [2.05, 4.69) is 21.2 Å². The van der Waals surface area contributed by atoms with Crippen molar-refractivity contribution in [3.8, 4) is 17.2 Å². The van der Waals surface area contributed by atoms with E-state index in [-0.39, 0.29) is 0 Å². The summed E-state index contributed by atoms with van der Waals surface area (Å²) < 4.78 is 17.4. The molecule has 2 aromatic rings. The van der Waals surface area contributed by atoms with Crippen LogP contribution in [-0.4, -0.2) is 27.4 Å². The number of ether oxygens (including phenoxy) is 3. The van der Waals surface area contributed by atoms with E-state index in [4.69, 9.17) is 14.2 Å². The average molecular weight is 352 g/mol. The first-order valence-corrected chi connectivity index (χ1v) is 7.37. The number of benzene rings is 2. The highest BCUT2D eigenvalue weighted by Gasteiger charge is 2.10. The predicted molar refractivity (Wildman–Crippen MR) is 87.7 cm³/mol. The van der Waals surface area contributed by atoms with Crippen LogP contribution in [0.2, 0.25) is 0 Å². The molecule has 0 saturated carbocycles. The Balaban J connectivity index is 1.91. The van der Waals surface area contributed by atoms with Gasteiger partial charge in [-0.25, -0.2) is 0 Å². The lowest BCUT2D eigenvalue weighted by Gasteiger charge is -2.14. The molecule has 0 radical (unpaired) electrons. The van der Waals surface area contributed by atoms with Crippen LogP contribution in [0, 0.1) is 0 Å². The molecular formula is C16H18BrNO3. The van der Waals surface area contributed by atoms with Crippen molar-refractivity contribution in [1.29, 1.82) is 0 Å². The Labute approximate surface area is 133 Å². The van der Waals surface area contributed by atoms with Gasteiger partial charge in [0.25, 0.3) is 0 Å². The van der Waals surface area contributed by atoms with Crippen LogP contribution in [0.3, 0.4) is 0 Å². The van der Waals surface area contributed by atoms with Gasteiger partial charge in [0.05, 0.1) is 14.2 Å². The number of hydrogen-bond acceptors (Lipinski definition) is 4. The zero-order chi connectivity index (χ0) is 15.1. The Morgan fingerprint density at radius 2 is 1.67 bits per heavy atom. The molecule has 0 atom stereocenters. The van der Waals surface area contributed by atoms with Crippen molar-refractivity contribution < 1.29 is 14.2 Å². The fraction of sp³-hybridized carbons (Fsp3) is 0.250. The molecule has 0 heterocycles. The summed E-state index contributed by atoms with van der Waals surface area (Å²) in [6.07, 6.45) is 0. The molecule has 112 valence electrons. The van der Waals surface area contributed by atoms with Crippen LogP contribution in [-0.2, 0) is 0 Å². The van der Waals surface area contributed by atoms with E-state index in [1.165, 1.54) is 0 Å². The third-order valence-corrected chi connectivity index (χ3v) is 3.38. The molecule has 0 bridgehead atoms. The highest BCUT2D eigenvalue weighted by atomic mass is 79.9. The lowest BCUT2D eigenvalue weighted by Crippen LogP contribution is -2.12. The van der Waals surface area contributed by atoms with Crippen LogP contribution < -0.4 is 19.5 Å². The number of halogens is 1. The van der Waals surface area contributed by atoms with Crippen molar-refractivity contribution in [1.82, 2.24) is 0 Å². The molecule has 21 heavy (non-hydrogen) atoms. The van der Waals surface area contributed by atoms with Gasteiger partial charge in [0.1, 0.15) is 6.61 Å². The fourth-order valence-electron chi connectivity index (χ4n) is 1.91. The van der Waals surface area contributed by atoms with Gasteiger partial charge < -0.3 is 19.5 Å². The van der Waals surface area contributed by atoms with Crippen molar-refractivity contribution in [3.05, 3.63) is 46.9 Å². The first-order valence-electron chi connectivity index (χ1n) is 6.58. The second-order valence-corrected chi connectivity index (χ2v) is 5.19. The van der Waals surface area contributed by atoms with Gasteiger partial charge in [0.15, 0.2) is 11.5 Å². The van der Waals surface area contributed by atoms with Gasteiger partial charge in [-0.3, -0.25) is 0 Å². The minimum absolute atomic E-state index is 0.503. The summed E-state index contributed by atoms with van der Waals surface area (Å²) in [7, 11) is 3.22. The molecular weight excluding hydrogens is 334 g/mol. The topological polar surface area (TPSA) is 39.7 Å². The lowest BCUT2D eigenvalue weighted by atomic mass is 10.3. The fourth-order valence-corrected chi connectivity index (χ4v) is 2.31. The summed E-state index contributed by atoms with van der Waals surface area (Å²) in [5.41, 5.74) is 1.04. The number of rotatable bonds is 7. The summed E-state index contributed by atoms with van der Waals surface area (Å²) in [5, 5.41) is 3.29. The van der Waals surface area contributed by atoms with Gasteiger partial charge in [0.2, 0.25) is 5.75 Å². The molecule has 2 rings (SSSR count). The van der Waals surface area contributed by atoms with Gasteiger partial charge in [0, 0.05) is 16.7 Å². The second kappa shape index (κ2) is 7.78. The van der Waals surface area contributed by atoms with E-state index >= 15 is 0 Å². The monoisotopic (exact) mass is 351 g/mol. The maximum atomic E-state index is 5.78. The summed E-state index contributed by atoms with van der Waals surface area (Å²) in [6, 6.07) is 13.6. The Bertz CT molecular complexity index is 567. The summed E-state index contributed by atoms with van der Waals surface area (Å²) in [6.45, 7) is 1.18. The summed E-state index contributed by atoms with van der Waals surface area (Å²) in [4.78, 5) is 0. The minimum atomic E-state index is 0.503. The van der Waals surface area contributed by atoms with Crippen LogP contribution in [0.25, 0.3) is 0 Å². The molecule has 0 aromatic heterocycles. The molecule has 5 heteroatoms. The Hall–Kier alpha value is -1.88. The second-order valence-electron chi connectivity index (χ2n) is 4.28. The molecule has 1 N–H and O–H groups in total. The maximum Gasteiger partial charge on any atom is 0.203 e. The zero-order valence-electron chi connectivity index (χ0n) is 12.1. The molecule has 0 aliphatic rings. The predicted octanol–water partition coefficient (Wildman–Crippen LogP) is 3.96. The largest absolute Gasteiger partial charge is 0.493 e. The van der Waals surface area contributed by atoms with E-state index in [1.54, 1.807) is 14.2 Å². The van der Waals surface area contributed by atoms with E-state index in [9.17, 15) is 0 Å². The Kier molecular flexibility index (Phi) is 5.75. The van der Waals surface area contributed by atoms with E-state index < -0.39 is 0 Å². The molecule has 0 aliphatic carbocycles. The zero-order valence-corrected chi connectivity index (χ0v) is 13.6. The molecule has 0 amide bonds. The van der Waals surface area contributed by atoms with Crippen LogP contribution in [0.15, 0.2) is 46.9 Å². The van der Waals surface area contributed by atoms with Crippen molar-refractivity contribution in [2.24, 2.45) is 0 Å². The first-order chi connectivity index (χ1) is 10.2. The van der Waals surface area contributed by atoms with Gasteiger partial charge in [-0.2, -0.15) is 0 Å². The third kappa shape index (κ3) is 4.29. The van der Waals surface area contributed by atoms with Gasteiger partial charge >= 0.3 is 0 Å². The van der Waals surface area contributed by atoms with E-state index in [1.807, 2.05) is 42.5 Å². The van der Waals surface area contributed by atoms with Gasteiger partial charge in [-0.15, -0.1) is 0 Å². The number of methoxy groups -OCH3 is 2. The van der Waals surface area contributed by atoms with Crippen molar-refractivity contribution in [2.45, 2.75) is 0 Å². The lowest BCUT2D eigenvalue weighted by molar-refractivity contribution is 0.284. The molecule has 0 aliphatic heterocycles. The number of para-hydroxylation sites is 1. The average Bonchev–Trinajstić information content (AvgIpc) is 2.51. The number of anilines is 1. The van der Waals surface area contributed by atoms with Crippen molar-refractivity contribution in [3.63, 3.8) is 0 Å². The molecule has 0 saturated heterocycles. The molecule has 0 fully saturated rings. The highest BCUT2D eigenvalue weighted by Crippen LogP contribution is 2.36. The Morgan fingerprint density at radius 3 is 2.29 bits per heavy atom. The minimum Gasteiger partial charge on any atom is -0.493 e. The van der Waals surface area contributed by atoms with Crippen molar-refractivity contribution in [2.75, 3.05) is 32.7 Å². The molecule has 0 unspecified atom stereocenters. The molecule has 4 nitrogen and oxygen atoms in total. The van der Waals surface area contributed by atoms with E-state index in [0.717, 1.165) is 10.2 Å². The van der Waals surface area contributed by atoms with Crippen LogP contribution in [0.4, 0.5) is 5.69 Å². The number of nitrogens with one attached hydrogen (secondary N) is 1. The van der Waals surface area contributed by atoms with Gasteiger partial charge in [-0.1, -0.05) is 28.1 Å². The molecule has 0 spiro atoms. The summed E-state index contributed by atoms with van der Waals surface area (Å²) in [5.74, 6) is 1.95. The molecule has 2 aromatic carbocycles. The van der Waals surface area contributed by atoms with Gasteiger partial charge in [-0.05, 0) is 30.3 Å². The van der Waals surface area contributed by atoms with E-state index in [0.29, 0.717) is 30.4 Å². The normalized spacial score (nSPS) is 10.0. The van der Waals surface area contributed by atoms with Crippen LogP contribution in [0.1, 0.15) is 0 Å². The quantitative estimate of drug-likeness (QED) is 0.766.